The number of amides is 2. The van der Waals surface area contributed by atoms with Crippen LogP contribution in [-0.4, -0.2) is 69.6 Å². The Balaban J connectivity index is 1.75. The van der Waals surface area contributed by atoms with Crippen molar-refractivity contribution < 1.29 is 74.4 Å². The number of anilines is 1. The largest absolute Gasteiger partial charge is 0.387 e. The lowest BCUT2D eigenvalue weighted by atomic mass is 10.0. The zero-order chi connectivity index (χ0) is 32.3. The van der Waals surface area contributed by atoms with Gasteiger partial charge in [0.1, 0.15) is 45.1 Å². The summed E-state index contributed by atoms with van der Waals surface area (Å²) in [5.74, 6) is -0.850. The van der Waals surface area contributed by atoms with Gasteiger partial charge in [-0.2, -0.15) is 9.66 Å². The Morgan fingerprint density at radius 3 is 2.30 bits per heavy atom. The topological polar surface area (TPSA) is 261 Å². The van der Waals surface area contributed by atoms with Crippen LogP contribution in [0.2, 0.25) is 0 Å². The number of nitrogens with one attached hydrogen (secondary N) is 2. The average Bonchev–Trinajstić information content (AvgIpc) is 3.26. The normalized spacial score (nSPS) is 19.9. The summed E-state index contributed by atoms with van der Waals surface area (Å²) in [4.78, 5) is 45.0. The molecule has 1 aromatic heterocycles. The molecule has 2 rings (SSSR count). The molecule has 0 radical (unpaired) electrons. The lowest BCUT2D eigenvalue weighted by molar-refractivity contribution is -0.841. The molecular weight excluding hydrogens is 659 g/mol. The quantitative estimate of drug-likeness (QED) is 0.0421. The molecule has 1 fully saturated rings. The van der Waals surface area contributed by atoms with Crippen LogP contribution in [0.4, 0.5) is 5.95 Å². The highest BCUT2D eigenvalue weighted by Crippen LogP contribution is 2.53. The van der Waals surface area contributed by atoms with Crippen molar-refractivity contribution in [1.29, 1.82) is 0 Å². The minimum absolute atomic E-state index is 0.0960. The van der Waals surface area contributed by atoms with Crippen molar-refractivity contribution in [3.05, 3.63) is 22.1 Å². The molecular formula is C20H36N5O16P3. The summed E-state index contributed by atoms with van der Waals surface area (Å²) in [5.41, 5.74) is 4.76. The molecule has 44 heavy (non-hydrogen) atoms. The summed E-state index contributed by atoms with van der Waals surface area (Å²) in [6, 6.07) is 0. The number of ether oxygens (including phenoxy) is 1. The van der Waals surface area contributed by atoms with Crippen LogP contribution in [0.25, 0.3) is 0 Å². The van der Waals surface area contributed by atoms with E-state index in [0.717, 1.165) is 30.3 Å². The van der Waals surface area contributed by atoms with Crippen molar-refractivity contribution >= 4 is 43.1 Å². The minimum atomic E-state index is -1.60. The maximum absolute atomic E-state index is 12.5. The van der Waals surface area contributed by atoms with Crippen molar-refractivity contribution in [2.75, 3.05) is 25.4 Å². The lowest BCUT2D eigenvalue weighted by Gasteiger charge is -2.17. The van der Waals surface area contributed by atoms with Crippen LogP contribution in [0.5, 0.6) is 0 Å². The Morgan fingerprint density at radius 1 is 1.00 bits per heavy atom. The van der Waals surface area contributed by atoms with Crippen molar-refractivity contribution in [1.82, 2.24) is 20.2 Å². The van der Waals surface area contributed by atoms with Crippen LogP contribution in [0.3, 0.4) is 0 Å². The molecule has 2 heterocycles. The van der Waals surface area contributed by atoms with Crippen LogP contribution in [0.15, 0.2) is 11.0 Å². The number of rotatable bonds is 23. The number of carbonyl (C=O) groups is 2. The number of nitrogens with two attached hydrogens (primary N) is 1. The summed E-state index contributed by atoms with van der Waals surface area (Å²) >= 11 is 0. The van der Waals surface area contributed by atoms with E-state index >= 15 is 0 Å². The Hall–Kier alpha value is -1.61. The fraction of sp³-hybridized carbons (Fsp3) is 0.700. The second-order valence-corrected chi connectivity index (χ2v) is 14.5. The molecule has 252 valence electrons. The third-order valence-electron chi connectivity index (χ3n) is 5.65. The van der Waals surface area contributed by atoms with Gasteiger partial charge in [0.05, 0.1) is 5.56 Å². The zero-order valence-electron chi connectivity index (χ0n) is 23.4. The highest BCUT2D eigenvalue weighted by atomic mass is 32.4. The van der Waals surface area contributed by atoms with E-state index in [9.17, 15) is 24.6 Å². The smallest absolute Gasteiger partial charge is 0.280 e. The molecule has 21 nitrogen and oxygen atoms in total. The van der Waals surface area contributed by atoms with Gasteiger partial charge in [0.15, 0.2) is 0 Å². The molecule has 0 aliphatic carbocycles. The molecule has 1 aliphatic heterocycles. The molecule has 1 aliphatic rings. The zero-order valence-corrected chi connectivity index (χ0v) is 26.6. The van der Waals surface area contributed by atoms with Gasteiger partial charge in [0, 0.05) is 25.7 Å². The van der Waals surface area contributed by atoms with Crippen LogP contribution in [0, 0.1) is 0 Å². The van der Waals surface area contributed by atoms with Crippen molar-refractivity contribution in [3.8, 4) is 0 Å². The lowest BCUT2D eigenvalue weighted by Crippen LogP contribution is -2.37. The number of nitrogens with zero attached hydrogens (tertiary/aromatic N) is 2. The van der Waals surface area contributed by atoms with Crippen LogP contribution < -0.4 is 21.9 Å². The molecule has 24 heteroatoms. The summed E-state index contributed by atoms with van der Waals surface area (Å²) in [5, 5.41) is 57.4. The molecule has 2 amide bonds. The maximum Gasteiger partial charge on any atom is 0.280 e. The van der Waals surface area contributed by atoms with Crippen molar-refractivity contribution in [3.63, 3.8) is 0 Å². The molecule has 1 aromatic rings. The number of aromatic nitrogens is 2. The van der Waals surface area contributed by atoms with Gasteiger partial charge >= 0.3 is 0 Å². The first-order chi connectivity index (χ1) is 21.1. The third kappa shape index (κ3) is 14.7. The predicted octanol–water partition coefficient (Wildman–Crippen LogP) is -0.432. The molecule has 0 spiro atoms. The Morgan fingerprint density at radius 2 is 1.64 bits per heavy atom. The highest BCUT2D eigenvalue weighted by molar-refractivity contribution is 8.41. The van der Waals surface area contributed by atoms with E-state index in [1.165, 1.54) is 6.20 Å². The summed E-state index contributed by atoms with van der Waals surface area (Å²) in [6.45, 7) is 1.62. The summed E-state index contributed by atoms with van der Waals surface area (Å²) in [6.07, 6.45) is -0.191. The Kier molecular flexibility index (Phi) is 19.3. The summed E-state index contributed by atoms with van der Waals surface area (Å²) in [7, 11) is 3.46. The molecule has 0 bridgehead atoms. The highest BCUT2D eigenvalue weighted by Gasteiger charge is 2.45. The molecule has 0 saturated carbocycles. The fourth-order valence-electron chi connectivity index (χ4n) is 3.63. The molecule has 1 saturated heterocycles. The number of unbranched alkanes of at least 4 members (excludes halogenated alkanes) is 3. The third-order valence-corrected chi connectivity index (χ3v) is 6.40. The van der Waals surface area contributed by atoms with E-state index in [1.807, 2.05) is 0 Å². The van der Waals surface area contributed by atoms with E-state index in [1.54, 1.807) is 0 Å². The minimum Gasteiger partial charge on any atom is -0.387 e. The standard InChI is InChI=1S/C20H36N5O16P3/c1-2-3-4-5-6-14(26)22-7-8-23-15(27)10-25-9-12(19(30)24-20(25)21)18-17(29)16(28)13(32-18)11-31-33-34-35-36-37-38-39-40-41-44(42)43/h9,13,16-18,28-29H,2-8,10-11,42-43H2,1H3,(H,22,26)(H,23,27)(H2,21,24,30)/t13-,16+,17?,18+/m1/s1. The predicted molar refractivity (Wildman–Crippen MR) is 149 cm³/mol. The van der Waals surface area contributed by atoms with Crippen molar-refractivity contribution in [2.45, 2.75) is 70.0 Å². The van der Waals surface area contributed by atoms with E-state index < -0.39 is 50.0 Å². The molecule has 6 atom stereocenters. The molecule has 6 N–H and O–H groups in total. The maximum atomic E-state index is 12.5. The van der Waals surface area contributed by atoms with E-state index in [4.69, 9.17) is 10.5 Å². The number of carbonyl (C=O) groups excluding carboxylic acids is 2. The van der Waals surface area contributed by atoms with Gasteiger partial charge in [-0.25, -0.2) is 4.89 Å². The second kappa shape index (κ2) is 22.0. The first-order valence-electron chi connectivity index (χ1n) is 13.0. The van der Waals surface area contributed by atoms with Gasteiger partial charge in [-0.3, -0.25) is 14.4 Å². The van der Waals surface area contributed by atoms with Gasteiger partial charge < -0.3 is 35.9 Å². The number of hydrogen-bond acceptors (Lipinski definition) is 18. The first-order valence-corrected chi connectivity index (χ1v) is 17.5. The Labute approximate surface area is 255 Å². The summed E-state index contributed by atoms with van der Waals surface area (Å²) < 4.78 is 11.2. The number of hydrogen-bond donors (Lipinski definition) is 5. The van der Waals surface area contributed by atoms with Gasteiger partial charge in [-0.05, 0) is 46.7 Å². The van der Waals surface area contributed by atoms with E-state index in [2.05, 4.69) is 90.3 Å². The van der Waals surface area contributed by atoms with Crippen LogP contribution in [0.1, 0.15) is 50.7 Å². The Bertz CT molecular complexity index is 1060. The molecule has 3 unspecified atom stereocenters. The van der Waals surface area contributed by atoms with E-state index in [0.29, 0.717) is 6.42 Å². The van der Waals surface area contributed by atoms with Gasteiger partial charge in [0.25, 0.3) is 5.56 Å². The van der Waals surface area contributed by atoms with Gasteiger partial charge in [0.2, 0.25) is 17.8 Å². The van der Waals surface area contributed by atoms with E-state index in [-0.39, 0.29) is 37.1 Å². The number of aliphatic hydroxyl groups is 2. The van der Waals surface area contributed by atoms with Crippen LogP contribution >= 0.6 is 25.4 Å². The van der Waals surface area contributed by atoms with Crippen molar-refractivity contribution in [2.24, 2.45) is 0 Å². The van der Waals surface area contributed by atoms with Crippen LogP contribution in [-0.2, 0) is 70.7 Å². The monoisotopic (exact) mass is 695 g/mol. The van der Waals surface area contributed by atoms with Gasteiger partial charge in [-0.15, -0.1) is 0 Å². The first kappa shape index (κ1) is 38.6. The average molecular weight is 695 g/mol. The molecule has 0 aromatic carbocycles. The number of aliphatic hydroxyl groups excluding tert-OH is 2. The SMILES string of the molecule is CCCCCCC(=O)NCCNC(=O)Cn1cc([C@@H]2O[C@H](COOOOOOOOOOP(P)P)[C@H](O)C2O)c(=O)nc1N. The second-order valence-electron chi connectivity index (χ2n) is 8.84. The fourth-order valence-corrected chi connectivity index (χ4v) is 3.94. The van der Waals surface area contributed by atoms with Gasteiger partial charge in [-0.1, -0.05) is 44.0 Å². The number of nitrogen functional groups attached to an aromatic ring is 1.